The topological polar surface area (TPSA) is 12.0 Å². The summed E-state index contributed by atoms with van der Waals surface area (Å²) in [6.07, 6.45) is -2.34. The number of anilines is 1. The Kier molecular flexibility index (Phi) is 3.00. The van der Waals surface area contributed by atoms with Crippen molar-refractivity contribution >= 4 is 27.2 Å². The first kappa shape index (κ1) is 13.5. The van der Waals surface area contributed by atoms with Crippen LogP contribution in [0.4, 0.5) is 18.9 Å². The maximum absolute atomic E-state index is 12.8. The van der Waals surface area contributed by atoms with Gasteiger partial charge in [-0.15, -0.1) is 0 Å². The predicted molar refractivity (Wildman–Crippen MR) is 70.5 cm³/mol. The van der Waals surface area contributed by atoms with E-state index in [4.69, 9.17) is 0 Å². The average Bonchev–Trinajstić information content (AvgIpc) is 2.15. The van der Waals surface area contributed by atoms with E-state index in [1.165, 1.54) is 6.07 Å². The van der Waals surface area contributed by atoms with Gasteiger partial charge in [0.15, 0.2) is 0 Å². The zero-order valence-electron chi connectivity index (χ0n) is 10.2. The molecule has 0 aliphatic carbocycles. The van der Waals surface area contributed by atoms with E-state index in [1.54, 1.807) is 0 Å². The number of allylic oxidation sites excluding steroid dienone is 1. The van der Waals surface area contributed by atoms with E-state index in [9.17, 15) is 13.2 Å². The van der Waals surface area contributed by atoms with Gasteiger partial charge in [0.2, 0.25) is 0 Å². The zero-order valence-corrected chi connectivity index (χ0v) is 11.8. The first-order valence-corrected chi connectivity index (χ1v) is 6.28. The lowest BCUT2D eigenvalue weighted by Crippen LogP contribution is -2.31. The lowest BCUT2D eigenvalue weighted by atomic mass is 9.90. The fourth-order valence-corrected chi connectivity index (χ4v) is 2.79. The molecular formula is C13H13BrF3N. The molecule has 1 aromatic carbocycles. The SMILES string of the molecule is CC1=CC(C)(C)Nc2cc(C(F)(F)F)c(Br)cc21. The highest BCUT2D eigenvalue weighted by atomic mass is 79.9. The van der Waals surface area contributed by atoms with Gasteiger partial charge >= 0.3 is 6.18 Å². The van der Waals surface area contributed by atoms with Crippen molar-refractivity contribution in [1.29, 1.82) is 0 Å². The molecule has 0 fully saturated rings. The third-order valence-electron chi connectivity index (χ3n) is 2.87. The van der Waals surface area contributed by atoms with Crippen LogP contribution in [0.3, 0.4) is 0 Å². The molecule has 2 rings (SSSR count). The summed E-state index contributed by atoms with van der Waals surface area (Å²) < 4.78 is 38.6. The van der Waals surface area contributed by atoms with E-state index in [-0.39, 0.29) is 10.0 Å². The van der Waals surface area contributed by atoms with Crippen LogP contribution in [0.1, 0.15) is 31.9 Å². The van der Waals surface area contributed by atoms with E-state index in [2.05, 4.69) is 21.2 Å². The van der Waals surface area contributed by atoms with Gasteiger partial charge in [-0.25, -0.2) is 0 Å². The molecule has 1 aliphatic rings. The molecule has 1 heterocycles. The summed E-state index contributed by atoms with van der Waals surface area (Å²) in [6, 6.07) is 2.68. The third kappa shape index (κ3) is 2.41. The van der Waals surface area contributed by atoms with Crippen molar-refractivity contribution in [2.45, 2.75) is 32.5 Å². The van der Waals surface area contributed by atoms with Crippen molar-refractivity contribution < 1.29 is 13.2 Å². The number of benzene rings is 1. The summed E-state index contributed by atoms with van der Waals surface area (Å²) in [7, 11) is 0. The van der Waals surface area contributed by atoms with Crippen LogP contribution in [-0.4, -0.2) is 5.54 Å². The molecular weight excluding hydrogens is 307 g/mol. The monoisotopic (exact) mass is 319 g/mol. The first-order valence-electron chi connectivity index (χ1n) is 5.49. The highest BCUT2D eigenvalue weighted by Crippen LogP contribution is 2.42. The Morgan fingerprint density at radius 2 is 1.83 bits per heavy atom. The summed E-state index contributed by atoms with van der Waals surface area (Å²) in [5, 5.41) is 3.11. The second-order valence-corrected chi connectivity index (χ2v) is 5.90. The quantitative estimate of drug-likeness (QED) is 0.703. The third-order valence-corrected chi connectivity index (χ3v) is 3.53. The van der Waals surface area contributed by atoms with Crippen molar-refractivity contribution in [3.8, 4) is 0 Å². The summed E-state index contributed by atoms with van der Waals surface area (Å²) >= 11 is 2.99. The van der Waals surface area contributed by atoms with E-state index in [0.717, 1.165) is 17.2 Å². The molecule has 1 nitrogen and oxygen atoms in total. The van der Waals surface area contributed by atoms with Crippen LogP contribution in [0, 0.1) is 0 Å². The number of rotatable bonds is 0. The summed E-state index contributed by atoms with van der Waals surface area (Å²) in [4.78, 5) is 0. The number of alkyl halides is 3. The van der Waals surface area contributed by atoms with Gasteiger partial charge in [-0.05, 0) is 38.5 Å². The Bertz CT molecular complexity index is 530. The fraction of sp³-hybridized carbons (Fsp3) is 0.385. The Labute approximate surface area is 112 Å². The fourth-order valence-electron chi connectivity index (χ4n) is 2.22. The lowest BCUT2D eigenvalue weighted by molar-refractivity contribution is -0.138. The minimum atomic E-state index is -4.35. The van der Waals surface area contributed by atoms with Crippen LogP contribution in [0.15, 0.2) is 22.7 Å². The standard InChI is InChI=1S/C13H13BrF3N/c1-7-6-12(2,3)18-11-5-9(13(15,16)17)10(14)4-8(7)11/h4-6,18H,1-3H3. The second kappa shape index (κ2) is 4.02. The highest BCUT2D eigenvalue weighted by molar-refractivity contribution is 9.10. The van der Waals surface area contributed by atoms with Crippen LogP contribution in [-0.2, 0) is 6.18 Å². The van der Waals surface area contributed by atoms with Gasteiger partial charge in [0.25, 0.3) is 0 Å². The normalized spacial score (nSPS) is 17.8. The van der Waals surface area contributed by atoms with Crippen LogP contribution < -0.4 is 5.32 Å². The molecule has 1 N–H and O–H groups in total. The van der Waals surface area contributed by atoms with Crippen LogP contribution in [0.5, 0.6) is 0 Å². The number of hydrogen-bond acceptors (Lipinski definition) is 1. The molecule has 5 heteroatoms. The number of nitrogens with one attached hydrogen (secondary N) is 1. The maximum Gasteiger partial charge on any atom is 0.417 e. The molecule has 0 saturated heterocycles. The zero-order chi connectivity index (χ0) is 13.7. The summed E-state index contributed by atoms with van der Waals surface area (Å²) in [5.74, 6) is 0. The molecule has 1 aromatic rings. The number of hydrogen-bond donors (Lipinski definition) is 1. The average molecular weight is 320 g/mol. The molecule has 0 atom stereocenters. The maximum atomic E-state index is 12.8. The highest BCUT2D eigenvalue weighted by Gasteiger charge is 2.35. The van der Waals surface area contributed by atoms with Crippen molar-refractivity contribution in [2.24, 2.45) is 0 Å². The Morgan fingerprint density at radius 1 is 1.22 bits per heavy atom. The minimum absolute atomic E-state index is 0.0722. The van der Waals surface area contributed by atoms with Crippen molar-refractivity contribution in [2.75, 3.05) is 5.32 Å². The Morgan fingerprint density at radius 3 is 2.39 bits per heavy atom. The summed E-state index contributed by atoms with van der Waals surface area (Å²) in [5.41, 5.74) is 1.31. The largest absolute Gasteiger partial charge is 0.417 e. The lowest BCUT2D eigenvalue weighted by Gasteiger charge is -2.32. The van der Waals surface area contributed by atoms with Crippen molar-refractivity contribution in [1.82, 2.24) is 0 Å². The van der Waals surface area contributed by atoms with E-state index in [1.807, 2.05) is 26.8 Å². The van der Waals surface area contributed by atoms with Crippen molar-refractivity contribution in [3.05, 3.63) is 33.8 Å². The van der Waals surface area contributed by atoms with Crippen LogP contribution in [0.2, 0.25) is 0 Å². The predicted octanol–water partition coefficient (Wildman–Crippen LogP) is 5.08. The molecule has 1 aliphatic heterocycles. The van der Waals surface area contributed by atoms with Crippen LogP contribution >= 0.6 is 15.9 Å². The molecule has 0 aromatic heterocycles. The number of halogens is 4. The van der Waals surface area contributed by atoms with E-state index >= 15 is 0 Å². The van der Waals surface area contributed by atoms with E-state index < -0.39 is 11.7 Å². The van der Waals surface area contributed by atoms with Gasteiger partial charge in [-0.3, -0.25) is 0 Å². The number of fused-ring (bicyclic) bond motifs is 1. The minimum Gasteiger partial charge on any atom is -0.376 e. The smallest absolute Gasteiger partial charge is 0.376 e. The Hall–Kier alpha value is -0.970. The molecule has 0 bridgehead atoms. The van der Waals surface area contributed by atoms with Gasteiger partial charge in [0, 0.05) is 15.7 Å². The molecule has 0 spiro atoms. The van der Waals surface area contributed by atoms with E-state index in [0.29, 0.717) is 5.69 Å². The molecule has 18 heavy (non-hydrogen) atoms. The van der Waals surface area contributed by atoms with Crippen LogP contribution in [0.25, 0.3) is 5.57 Å². The summed E-state index contributed by atoms with van der Waals surface area (Å²) in [6.45, 7) is 5.75. The van der Waals surface area contributed by atoms with Crippen molar-refractivity contribution in [3.63, 3.8) is 0 Å². The molecule has 98 valence electrons. The van der Waals surface area contributed by atoms with Gasteiger partial charge in [0.05, 0.1) is 11.1 Å². The molecule has 0 radical (unpaired) electrons. The van der Waals surface area contributed by atoms with Gasteiger partial charge in [0.1, 0.15) is 0 Å². The second-order valence-electron chi connectivity index (χ2n) is 5.05. The first-order chi connectivity index (χ1) is 8.10. The van der Waals surface area contributed by atoms with Gasteiger partial charge in [-0.1, -0.05) is 22.0 Å². The van der Waals surface area contributed by atoms with Gasteiger partial charge in [-0.2, -0.15) is 13.2 Å². The van der Waals surface area contributed by atoms with Gasteiger partial charge < -0.3 is 5.32 Å². The molecule has 0 saturated carbocycles. The molecule has 0 amide bonds. The Balaban J connectivity index is 2.62. The molecule has 0 unspecified atom stereocenters.